The molecule has 0 atom stereocenters. The van der Waals surface area contributed by atoms with Gasteiger partial charge in [-0.05, 0) is 32.8 Å². The zero-order valence-electron chi connectivity index (χ0n) is 8.96. The highest BCUT2D eigenvalue weighted by Crippen LogP contribution is 2.04. The van der Waals surface area contributed by atoms with E-state index in [4.69, 9.17) is 0 Å². The fourth-order valence-corrected chi connectivity index (χ4v) is 0.869. The van der Waals surface area contributed by atoms with Crippen LogP contribution in [0.2, 0.25) is 0 Å². The number of hydrogen-bond acceptors (Lipinski definition) is 2. The third-order valence-corrected chi connectivity index (χ3v) is 1.62. The molecule has 0 aromatic rings. The molecule has 0 heterocycles. The lowest BCUT2D eigenvalue weighted by Crippen LogP contribution is -1.95. The van der Waals surface area contributed by atoms with Crippen molar-refractivity contribution in [2.75, 3.05) is 7.11 Å². The van der Waals surface area contributed by atoms with Crippen LogP contribution in [0, 0.1) is 11.8 Å². The standard InChI is InChI=1S/C12H16O2/c1-4-5-6-7-8-9-11(2)10-12(13)14-3/h6-7,10H,8-9H2,1-3H3/b7-6+,11-10+. The predicted molar refractivity (Wildman–Crippen MR) is 57.6 cm³/mol. The highest BCUT2D eigenvalue weighted by molar-refractivity contribution is 5.82. The maximum Gasteiger partial charge on any atom is 0.330 e. The van der Waals surface area contributed by atoms with Crippen LogP contribution in [0.25, 0.3) is 0 Å². The summed E-state index contributed by atoms with van der Waals surface area (Å²) in [6.07, 6.45) is 7.08. The van der Waals surface area contributed by atoms with Crippen molar-refractivity contribution in [3.05, 3.63) is 23.8 Å². The maximum atomic E-state index is 10.8. The first-order valence-electron chi connectivity index (χ1n) is 4.53. The Bertz CT molecular complexity index is 287. The van der Waals surface area contributed by atoms with Crippen molar-refractivity contribution in [1.82, 2.24) is 0 Å². The summed E-state index contributed by atoms with van der Waals surface area (Å²) >= 11 is 0. The van der Waals surface area contributed by atoms with Crippen LogP contribution in [0.3, 0.4) is 0 Å². The zero-order valence-corrected chi connectivity index (χ0v) is 8.96. The van der Waals surface area contributed by atoms with E-state index in [1.165, 1.54) is 13.2 Å². The van der Waals surface area contributed by atoms with Crippen LogP contribution in [-0.2, 0) is 9.53 Å². The number of hydrogen-bond donors (Lipinski definition) is 0. The molecular formula is C12H16O2. The Morgan fingerprint density at radius 2 is 2.21 bits per heavy atom. The van der Waals surface area contributed by atoms with E-state index < -0.39 is 0 Å². The van der Waals surface area contributed by atoms with Gasteiger partial charge in [-0.1, -0.05) is 17.6 Å². The minimum atomic E-state index is -0.292. The first-order valence-corrected chi connectivity index (χ1v) is 4.53. The summed E-state index contributed by atoms with van der Waals surface area (Å²) in [6, 6.07) is 0. The van der Waals surface area contributed by atoms with E-state index in [1.807, 2.05) is 19.1 Å². The monoisotopic (exact) mass is 192 g/mol. The fourth-order valence-electron chi connectivity index (χ4n) is 0.869. The average Bonchev–Trinajstić information content (AvgIpc) is 2.17. The molecule has 2 heteroatoms. The van der Waals surface area contributed by atoms with Gasteiger partial charge in [-0.15, -0.1) is 5.92 Å². The molecule has 0 fully saturated rings. The third-order valence-electron chi connectivity index (χ3n) is 1.62. The molecule has 0 N–H and O–H groups in total. The molecule has 0 amide bonds. The second kappa shape index (κ2) is 8.12. The molecule has 0 saturated heterocycles. The molecule has 0 radical (unpaired) electrons. The molecule has 0 rings (SSSR count). The second-order valence-corrected chi connectivity index (χ2v) is 2.85. The van der Waals surface area contributed by atoms with Crippen molar-refractivity contribution >= 4 is 5.97 Å². The van der Waals surface area contributed by atoms with Gasteiger partial charge in [-0.2, -0.15) is 0 Å². The molecule has 0 aromatic heterocycles. The second-order valence-electron chi connectivity index (χ2n) is 2.85. The van der Waals surface area contributed by atoms with E-state index in [2.05, 4.69) is 16.6 Å². The summed E-state index contributed by atoms with van der Waals surface area (Å²) in [5.74, 6) is 5.31. The van der Waals surface area contributed by atoms with Crippen molar-refractivity contribution in [3.8, 4) is 11.8 Å². The van der Waals surface area contributed by atoms with Gasteiger partial charge in [0.1, 0.15) is 0 Å². The number of carbonyl (C=O) groups excluding carboxylic acids is 1. The molecule has 0 bridgehead atoms. The molecule has 0 aromatic carbocycles. The first-order chi connectivity index (χ1) is 6.70. The quantitative estimate of drug-likeness (QED) is 0.388. The largest absolute Gasteiger partial charge is 0.466 e. The van der Waals surface area contributed by atoms with Gasteiger partial charge in [0.25, 0.3) is 0 Å². The molecule has 0 spiro atoms. The van der Waals surface area contributed by atoms with Crippen LogP contribution in [-0.4, -0.2) is 13.1 Å². The smallest absolute Gasteiger partial charge is 0.330 e. The van der Waals surface area contributed by atoms with Crippen molar-refractivity contribution in [2.24, 2.45) is 0 Å². The van der Waals surface area contributed by atoms with Crippen LogP contribution in [0.4, 0.5) is 0 Å². The molecule has 14 heavy (non-hydrogen) atoms. The highest BCUT2D eigenvalue weighted by Gasteiger charge is 1.94. The van der Waals surface area contributed by atoms with Gasteiger partial charge in [-0.3, -0.25) is 0 Å². The summed E-state index contributed by atoms with van der Waals surface area (Å²) < 4.78 is 4.51. The number of ether oxygens (including phenoxy) is 1. The van der Waals surface area contributed by atoms with Gasteiger partial charge >= 0.3 is 5.97 Å². The van der Waals surface area contributed by atoms with E-state index in [0.29, 0.717) is 0 Å². The SMILES string of the molecule is CC#C/C=C/CC/C(C)=C/C(=O)OC. The fraction of sp³-hybridized carbons (Fsp3) is 0.417. The van der Waals surface area contributed by atoms with Crippen LogP contribution >= 0.6 is 0 Å². The van der Waals surface area contributed by atoms with Gasteiger partial charge < -0.3 is 4.74 Å². The molecule has 0 aliphatic carbocycles. The lowest BCUT2D eigenvalue weighted by Gasteiger charge is -1.96. The molecule has 0 saturated carbocycles. The predicted octanol–water partition coefficient (Wildman–Crippen LogP) is 2.47. The normalized spacial score (nSPS) is 10.9. The minimum Gasteiger partial charge on any atom is -0.466 e. The van der Waals surface area contributed by atoms with E-state index in [-0.39, 0.29) is 5.97 Å². The molecule has 2 nitrogen and oxygen atoms in total. The number of esters is 1. The van der Waals surface area contributed by atoms with Crippen LogP contribution in [0.15, 0.2) is 23.8 Å². The molecular weight excluding hydrogens is 176 g/mol. The molecule has 76 valence electrons. The highest BCUT2D eigenvalue weighted by atomic mass is 16.5. The summed E-state index contributed by atoms with van der Waals surface area (Å²) in [7, 11) is 1.38. The average molecular weight is 192 g/mol. The van der Waals surface area contributed by atoms with E-state index in [1.54, 1.807) is 6.92 Å². The van der Waals surface area contributed by atoms with Crippen molar-refractivity contribution in [3.63, 3.8) is 0 Å². The van der Waals surface area contributed by atoms with E-state index >= 15 is 0 Å². The molecule has 0 unspecified atom stereocenters. The Morgan fingerprint density at radius 1 is 1.50 bits per heavy atom. The Labute approximate surface area is 85.6 Å². The summed E-state index contributed by atoms with van der Waals surface area (Å²) in [4.78, 5) is 10.8. The van der Waals surface area contributed by atoms with Gasteiger partial charge in [0.15, 0.2) is 0 Å². The summed E-state index contributed by atoms with van der Waals surface area (Å²) in [5, 5.41) is 0. The number of rotatable bonds is 4. The lowest BCUT2D eigenvalue weighted by molar-refractivity contribution is -0.134. The maximum absolute atomic E-state index is 10.8. The Kier molecular flexibility index (Phi) is 7.26. The van der Waals surface area contributed by atoms with E-state index in [9.17, 15) is 4.79 Å². The Morgan fingerprint density at radius 3 is 2.79 bits per heavy atom. The Hall–Kier alpha value is -1.49. The third kappa shape index (κ3) is 7.17. The van der Waals surface area contributed by atoms with Crippen LogP contribution < -0.4 is 0 Å². The van der Waals surface area contributed by atoms with Crippen molar-refractivity contribution in [2.45, 2.75) is 26.7 Å². The van der Waals surface area contributed by atoms with Gasteiger partial charge in [-0.25, -0.2) is 4.79 Å². The Balaban J connectivity index is 3.82. The summed E-state index contributed by atoms with van der Waals surface area (Å²) in [5.41, 5.74) is 1.02. The lowest BCUT2D eigenvalue weighted by atomic mass is 10.1. The number of methoxy groups -OCH3 is 1. The van der Waals surface area contributed by atoms with Gasteiger partial charge in [0, 0.05) is 6.08 Å². The van der Waals surface area contributed by atoms with Gasteiger partial charge in [0.2, 0.25) is 0 Å². The first kappa shape index (κ1) is 12.5. The van der Waals surface area contributed by atoms with Crippen LogP contribution in [0.5, 0.6) is 0 Å². The number of carbonyl (C=O) groups is 1. The van der Waals surface area contributed by atoms with E-state index in [0.717, 1.165) is 18.4 Å². The molecule has 0 aliphatic rings. The van der Waals surface area contributed by atoms with Gasteiger partial charge in [0.05, 0.1) is 7.11 Å². The number of allylic oxidation sites excluding steroid dienone is 3. The summed E-state index contributed by atoms with van der Waals surface area (Å²) in [6.45, 7) is 3.71. The molecule has 0 aliphatic heterocycles. The zero-order chi connectivity index (χ0) is 10.8. The van der Waals surface area contributed by atoms with Crippen molar-refractivity contribution in [1.29, 1.82) is 0 Å². The topological polar surface area (TPSA) is 26.3 Å². The van der Waals surface area contributed by atoms with Crippen molar-refractivity contribution < 1.29 is 9.53 Å². The van der Waals surface area contributed by atoms with Crippen LogP contribution in [0.1, 0.15) is 26.7 Å². The minimum absolute atomic E-state index is 0.292.